The van der Waals surface area contributed by atoms with Crippen molar-refractivity contribution in [2.24, 2.45) is 10.7 Å². The molecule has 0 saturated carbocycles. The number of halogens is 2. The van der Waals surface area contributed by atoms with Crippen molar-refractivity contribution in [3.05, 3.63) is 65.5 Å². The van der Waals surface area contributed by atoms with Crippen molar-refractivity contribution in [3.63, 3.8) is 0 Å². The normalized spacial score (nSPS) is 10.9. The van der Waals surface area contributed by atoms with Crippen molar-refractivity contribution < 1.29 is 9.13 Å². The van der Waals surface area contributed by atoms with Crippen LogP contribution in [0.5, 0.6) is 0 Å². The molecule has 2 rings (SSSR count). The van der Waals surface area contributed by atoms with Gasteiger partial charge in [0.15, 0.2) is 5.96 Å². The Morgan fingerprint density at radius 2 is 2.00 bits per heavy atom. The molecule has 6 heteroatoms. The minimum atomic E-state index is -0.278. The molecular formula is C16H19FIN3O. The number of para-hydroxylation sites is 1. The number of methoxy groups -OCH3 is 1. The number of anilines is 1. The third-order valence-electron chi connectivity index (χ3n) is 2.90. The SMILES string of the molecule is COCc1ccccc1NC(N)=NCc1cccc(F)c1.I. The number of hydrogen-bond donors (Lipinski definition) is 2. The summed E-state index contributed by atoms with van der Waals surface area (Å²) in [6.45, 7) is 0.809. The molecule has 2 aromatic rings. The maximum atomic E-state index is 13.1. The number of guanidine groups is 1. The molecule has 0 aliphatic rings. The number of nitrogens with zero attached hydrogens (tertiary/aromatic N) is 1. The van der Waals surface area contributed by atoms with E-state index >= 15 is 0 Å². The molecule has 0 aliphatic heterocycles. The Labute approximate surface area is 146 Å². The lowest BCUT2D eigenvalue weighted by Gasteiger charge is -2.10. The van der Waals surface area contributed by atoms with Crippen molar-refractivity contribution >= 4 is 35.6 Å². The molecule has 0 fully saturated rings. The minimum Gasteiger partial charge on any atom is -0.380 e. The van der Waals surface area contributed by atoms with E-state index < -0.39 is 0 Å². The molecule has 4 nitrogen and oxygen atoms in total. The summed E-state index contributed by atoms with van der Waals surface area (Å²) >= 11 is 0. The van der Waals surface area contributed by atoms with Crippen molar-refractivity contribution in [1.82, 2.24) is 0 Å². The van der Waals surface area contributed by atoms with E-state index in [0.717, 1.165) is 16.8 Å². The monoisotopic (exact) mass is 415 g/mol. The lowest BCUT2D eigenvalue weighted by Crippen LogP contribution is -2.23. The van der Waals surface area contributed by atoms with E-state index in [0.29, 0.717) is 13.2 Å². The molecule has 118 valence electrons. The summed E-state index contributed by atoms with van der Waals surface area (Å²) in [5, 5.41) is 3.03. The van der Waals surface area contributed by atoms with E-state index in [1.807, 2.05) is 24.3 Å². The fourth-order valence-electron chi connectivity index (χ4n) is 1.91. The average Bonchev–Trinajstić information content (AvgIpc) is 2.48. The van der Waals surface area contributed by atoms with Crippen molar-refractivity contribution in [3.8, 4) is 0 Å². The Kier molecular flexibility index (Phi) is 7.83. The topological polar surface area (TPSA) is 59.6 Å². The van der Waals surface area contributed by atoms with Gasteiger partial charge >= 0.3 is 0 Å². The van der Waals surface area contributed by atoms with Crippen LogP contribution in [0.1, 0.15) is 11.1 Å². The van der Waals surface area contributed by atoms with Crippen LogP contribution in [0.3, 0.4) is 0 Å². The first kappa shape index (κ1) is 18.4. The van der Waals surface area contributed by atoms with Crippen molar-refractivity contribution in [2.75, 3.05) is 12.4 Å². The molecule has 0 atom stereocenters. The number of ether oxygens (including phenoxy) is 1. The van der Waals surface area contributed by atoms with Gasteiger partial charge in [-0.05, 0) is 23.8 Å². The maximum Gasteiger partial charge on any atom is 0.193 e. The average molecular weight is 415 g/mol. The van der Waals surface area contributed by atoms with Crippen LogP contribution >= 0.6 is 24.0 Å². The van der Waals surface area contributed by atoms with Gasteiger partial charge in [0.05, 0.1) is 13.2 Å². The summed E-state index contributed by atoms with van der Waals surface area (Å²) in [4.78, 5) is 4.21. The highest BCUT2D eigenvalue weighted by atomic mass is 127. The predicted molar refractivity (Wildman–Crippen MR) is 97.9 cm³/mol. The molecule has 22 heavy (non-hydrogen) atoms. The second kappa shape index (κ2) is 9.37. The number of nitrogens with two attached hydrogens (primary N) is 1. The number of rotatable bonds is 5. The van der Waals surface area contributed by atoms with Crippen molar-refractivity contribution in [1.29, 1.82) is 0 Å². The molecule has 0 unspecified atom stereocenters. The summed E-state index contributed by atoms with van der Waals surface area (Å²) in [7, 11) is 1.64. The lowest BCUT2D eigenvalue weighted by atomic mass is 10.2. The molecule has 0 radical (unpaired) electrons. The summed E-state index contributed by atoms with van der Waals surface area (Å²) in [5.74, 6) is 0.00230. The third kappa shape index (κ3) is 5.61. The third-order valence-corrected chi connectivity index (χ3v) is 2.90. The quantitative estimate of drug-likeness (QED) is 0.447. The van der Waals surface area contributed by atoms with Crippen LogP contribution in [0.4, 0.5) is 10.1 Å². The van der Waals surface area contributed by atoms with Crippen LogP contribution in [0.2, 0.25) is 0 Å². The Bertz CT molecular complexity index is 634. The summed E-state index contributed by atoms with van der Waals surface area (Å²) < 4.78 is 18.2. The van der Waals surface area contributed by atoms with Crippen LogP contribution in [0.15, 0.2) is 53.5 Å². The zero-order valence-electron chi connectivity index (χ0n) is 12.3. The Hall–Kier alpha value is -1.67. The highest BCUT2D eigenvalue weighted by Crippen LogP contribution is 2.15. The molecule has 0 aliphatic carbocycles. The molecule has 0 amide bonds. The van der Waals surface area contributed by atoms with Crippen LogP contribution in [-0.2, 0) is 17.9 Å². The van der Waals surface area contributed by atoms with Gasteiger partial charge in [0.1, 0.15) is 5.82 Å². The van der Waals surface area contributed by atoms with Gasteiger partial charge in [0.25, 0.3) is 0 Å². The van der Waals surface area contributed by atoms with Gasteiger partial charge in [-0.15, -0.1) is 24.0 Å². The Balaban J connectivity index is 0.00000242. The van der Waals surface area contributed by atoms with E-state index in [1.54, 1.807) is 19.2 Å². The van der Waals surface area contributed by atoms with Gasteiger partial charge in [-0.2, -0.15) is 0 Å². The van der Waals surface area contributed by atoms with Gasteiger partial charge in [0, 0.05) is 18.4 Å². The fourth-order valence-corrected chi connectivity index (χ4v) is 1.91. The number of nitrogens with one attached hydrogen (secondary N) is 1. The fraction of sp³-hybridized carbons (Fsp3) is 0.188. The highest BCUT2D eigenvalue weighted by molar-refractivity contribution is 14.0. The first-order valence-electron chi connectivity index (χ1n) is 6.57. The van der Waals surface area contributed by atoms with Crippen LogP contribution in [0.25, 0.3) is 0 Å². The van der Waals surface area contributed by atoms with Gasteiger partial charge in [-0.25, -0.2) is 9.38 Å². The van der Waals surface area contributed by atoms with Crippen molar-refractivity contribution in [2.45, 2.75) is 13.2 Å². The van der Waals surface area contributed by atoms with E-state index in [4.69, 9.17) is 10.5 Å². The molecule has 0 saturated heterocycles. The first-order valence-corrected chi connectivity index (χ1v) is 6.57. The summed E-state index contributed by atoms with van der Waals surface area (Å²) in [5.41, 5.74) is 8.47. The second-order valence-corrected chi connectivity index (χ2v) is 4.55. The first-order chi connectivity index (χ1) is 10.2. The molecule has 0 heterocycles. The van der Waals surface area contributed by atoms with Gasteiger partial charge in [-0.1, -0.05) is 30.3 Å². The smallest absolute Gasteiger partial charge is 0.193 e. The van der Waals surface area contributed by atoms with E-state index in [2.05, 4.69) is 10.3 Å². The largest absolute Gasteiger partial charge is 0.380 e. The predicted octanol–water partition coefficient (Wildman–Crippen LogP) is 3.52. The number of benzene rings is 2. The zero-order valence-corrected chi connectivity index (χ0v) is 14.6. The van der Waals surface area contributed by atoms with Gasteiger partial charge in [0.2, 0.25) is 0 Å². The Morgan fingerprint density at radius 1 is 1.23 bits per heavy atom. The van der Waals surface area contributed by atoms with E-state index in [9.17, 15) is 4.39 Å². The van der Waals surface area contributed by atoms with E-state index in [1.165, 1.54) is 12.1 Å². The zero-order chi connectivity index (χ0) is 15.1. The number of hydrogen-bond acceptors (Lipinski definition) is 2. The van der Waals surface area contributed by atoms with Crippen LogP contribution in [0, 0.1) is 5.82 Å². The maximum absolute atomic E-state index is 13.1. The standard InChI is InChI=1S/C16H18FN3O.HI/c1-21-11-13-6-2-3-8-15(13)20-16(18)19-10-12-5-4-7-14(17)9-12;/h2-9H,10-11H2,1H3,(H3,18,19,20);1H. The van der Waals surface area contributed by atoms with Crippen LogP contribution in [-0.4, -0.2) is 13.1 Å². The molecule has 3 N–H and O–H groups in total. The summed E-state index contributed by atoms with van der Waals surface area (Å²) in [6.07, 6.45) is 0. The van der Waals surface area contributed by atoms with E-state index in [-0.39, 0.29) is 35.8 Å². The molecule has 0 spiro atoms. The molecule has 0 bridgehead atoms. The second-order valence-electron chi connectivity index (χ2n) is 4.55. The minimum absolute atomic E-state index is 0. The molecule has 2 aromatic carbocycles. The highest BCUT2D eigenvalue weighted by Gasteiger charge is 2.02. The summed E-state index contributed by atoms with van der Waals surface area (Å²) in [6, 6.07) is 14.0. The lowest BCUT2D eigenvalue weighted by molar-refractivity contribution is 0.185. The molecule has 0 aromatic heterocycles. The van der Waals surface area contributed by atoms with Gasteiger partial charge < -0.3 is 15.8 Å². The van der Waals surface area contributed by atoms with Gasteiger partial charge in [-0.3, -0.25) is 0 Å². The number of aliphatic imine (C=N–C) groups is 1. The van der Waals surface area contributed by atoms with Crippen LogP contribution < -0.4 is 11.1 Å². The Morgan fingerprint density at radius 3 is 2.73 bits per heavy atom. The molecular weight excluding hydrogens is 396 g/mol.